The second kappa shape index (κ2) is 6.16. The number of aryl methyl sites for hydroxylation is 1. The molecule has 24 heavy (non-hydrogen) atoms. The molecule has 2 aliphatic heterocycles. The van der Waals surface area contributed by atoms with Gasteiger partial charge < -0.3 is 24.1 Å². The molecular formula is C17H19N3O4. The van der Waals surface area contributed by atoms with Crippen LogP contribution in [0.25, 0.3) is 0 Å². The van der Waals surface area contributed by atoms with Crippen LogP contribution in [0.3, 0.4) is 0 Å². The summed E-state index contributed by atoms with van der Waals surface area (Å²) in [5.41, 5.74) is 1.53. The van der Waals surface area contributed by atoms with E-state index in [1.807, 2.05) is 17.8 Å². The molecule has 3 heterocycles. The molecule has 0 unspecified atom stereocenters. The zero-order valence-electron chi connectivity index (χ0n) is 13.4. The van der Waals surface area contributed by atoms with Crippen LogP contribution >= 0.6 is 0 Å². The van der Waals surface area contributed by atoms with Crippen LogP contribution in [0.2, 0.25) is 0 Å². The smallest absolute Gasteiger partial charge is 0.255 e. The van der Waals surface area contributed by atoms with Gasteiger partial charge in [0.05, 0.1) is 23.8 Å². The molecule has 0 spiro atoms. The lowest BCUT2D eigenvalue weighted by Crippen LogP contribution is -2.40. The Hall–Kier alpha value is -2.54. The Bertz CT molecular complexity index is 758. The third kappa shape index (κ3) is 2.71. The normalized spacial score (nSPS) is 22.4. The second-order valence-electron chi connectivity index (χ2n) is 6.02. The zero-order chi connectivity index (χ0) is 16.5. The predicted octanol–water partition coefficient (Wildman–Crippen LogP) is 1.80. The summed E-state index contributed by atoms with van der Waals surface area (Å²) < 4.78 is 18.5. The monoisotopic (exact) mass is 329 g/mol. The average Bonchev–Trinajstić information content (AvgIpc) is 3.23. The Kier molecular flexibility index (Phi) is 3.86. The molecule has 1 aromatic heterocycles. The Labute approximate surface area is 139 Å². The van der Waals surface area contributed by atoms with Gasteiger partial charge in [-0.05, 0) is 25.0 Å². The molecule has 2 atom stereocenters. The van der Waals surface area contributed by atoms with E-state index in [1.165, 1.54) is 0 Å². The standard InChI is InChI=1S/C17H19N3O4/c1-20-9-18-8-13(20)15-7-11(5-6-22-15)19-17(21)12-3-2-4-14-16(12)24-10-23-14/h2-4,8-9,11,15H,5-7,10H2,1H3,(H,19,21)/t11-,15+/m0/s1. The second-order valence-corrected chi connectivity index (χ2v) is 6.02. The largest absolute Gasteiger partial charge is 0.454 e. The van der Waals surface area contributed by atoms with Crippen LogP contribution in [0.5, 0.6) is 11.5 Å². The number of fused-ring (bicyclic) bond motifs is 1. The minimum Gasteiger partial charge on any atom is -0.454 e. The summed E-state index contributed by atoms with van der Waals surface area (Å²) in [6.07, 6.45) is 5.01. The van der Waals surface area contributed by atoms with Gasteiger partial charge in [-0.1, -0.05) is 6.07 Å². The van der Waals surface area contributed by atoms with Crippen LogP contribution in [0, 0.1) is 0 Å². The van der Waals surface area contributed by atoms with Crippen LogP contribution in [0.15, 0.2) is 30.7 Å². The number of amides is 1. The molecule has 1 fully saturated rings. The molecule has 126 valence electrons. The summed E-state index contributed by atoms with van der Waals surface area (Å²) in [4.78, 5) is 16.8. The first-order chi connectivity index (χ1) is 11.7. The third-order valence-corrected chi connectivity index (χ3v) is 4.44. The highest BCUT2D eigenvalue weighted by atomic mass is 16.7. The van der Waals surface area contributed by atoms with Gasteiger partial charge in [-0.25, -0.2) is 4.98 Å². The van der Waals surface area contributed by atoms with Crippen molar-refractivity contribution >= 4 is 5.91 Å². The maximum Gasteiger partial charge on any atom is 0.255 e. The van der Waals surface area contributed by atoms with E-state index in [-0.39, 0.29) is 24.8 Å². The SMILES string of the molecule is Cn1cncc1[C@H]1C[C@@H](NC(=O)c2cccc3c2OCO3)CCO1. The van der Waals surface area contributed by atoms with Gasteiger partial charge in [0.2, 0.25) is 6.79 Å². The van der Waals surface area contributed by atoms with Crippen LogP contribution < -0.4 is 14.8 Å². The number of ether oxygens (including phenoxy) is 3. The van der Waals surface area contributed by atoms with E-state index in [0.717, 1.165) is 18.5 Å². The van der Waals surface area contributed by atoms with E-state index in [1.54, 1.807) is 24.5 Å². The van der Waals surface area contributed by atoms with Gasteiger partial charge in [0.25, 0.3) is 5.91 Å². The zero-order valence-corrected chi connectivity index (χ0v) is 13.4. The highest BCUT2D eigenvalue weighted by molar-refractivity contribution is 5.98. The van der Waals surface area contributed by atoms with Gasteiger partial charge >= 0.3 is 0 Å². The van der Waals surface area contributed by atoms with Crippen molar-refractivity contribution in [3.63, 3.8) is 0 Å². The number of hydrogen-bond donors (Lipinski definition) is 1. The van der Waals surface area contributed by atoms with E-state index in [4.69, 9.17) is 14.2 Å². The lowest BCUT2D eigenvalue weighted by atomic mass is 10.0. The molecule has 0 aliphatic carbocycles. The Morgan fingerprint density at radius 1 is 1.38 bits per heavy atom. The molecule has 1 N–H and O–H groups in total. The first-order valence-electron chi connectivity index (χ1n) is 7.99. The van der Waals surface area contributed by atoms with E-state index in [0.29, 0.717) is 23.7 Å². The van der Waals surface area contributed by atoms with Crippen LogP contribution in [0.1, 0.15) is 35.0 Å². The summed E-state index contributed by atoms with van der Waals surface area (Å²) in [5.74, 6) is 0.987. The number of para-hydroxylation sites is 1. The van der Waals surface area contributed by atoms with E-state index in [2.05, 4.69) is 10.3 Å². The molecule has 1 saturated heterocycles. The number of nitrogens with one attached hydrogen (secondary N) is 1. The topological polar surface area (TPSA) is 74.6 Å². The van der Waals surface area contributed by atoms with Crippen LogP contribution in [-0.4, -0.2) is 34.9 Å². The Morgan fingerprint density at radius 2 is 2.29 bits per heavy atom. The summed E-state index contributed by atoms with van der Waals surface area (Å²) in [6.45, 7) is 0.757. The molecule has 0 radical (unpaired) electrons. The van der Waals surface area contributed by atoms with E-state index < -0.39 is 0 Å². The number of aromatic nitrogens is 2. The highest BCUT2D eigenvalue weighted by Crippen LogP contribution is 2.35. The van der Waals surface area contributed by atoms with Crippen molar-refractivity contribution in [2.45, 2.75) is 25.0 Å². The number of hydrogen-bond acceptors (Lipinski definition) is 5. The van der Waals surface area contributed by atoms with Gasteiger partial charge in [-0.15, -0.1) is 0 Å². The fraction of sp³-hybridized carbons (Fsp3) is 0.412. The molecule has 1 aromatic carbocycles. The number of nitrogens with zero attached hydrogens (tertiary/aromatic N) is 2. The van der Waals surface area contributed by atoms with Crippen molar-refractivity contribution in [1.82, 2.24) is 14.9 Å². The van der Waals surface area contributed by atoms with Crippen LogP contribution in [-0.2, 0) is 11.8 Å². The predicted molar refractivity (Wildman–Crippen MR) is 85.0 cm³/mol. The molecule has 1 amide bonds. The van der Waals surface area contributed by atoms with Gasteiger partial charge in [0.15, 0.2) is 11.5 Å². The highest BCUT2D eigenvalue weighted by Gasteiger charge is 2.29. The fourth-order valence-electron chi connectivity index (χ4n) is 3.18. The van der Waals surface area contributed by atoms with Crippen molar-refractivity contribution in [3.05, 3.63) is 42.0 Å². The average molecular weight is 329 g/mol. The summed E-state index contributed by atoms with van der Waals surface area (Å²) in [6, 6.07) is 5.39. The number of rotatable bonds is 3. The van der Waals surface area contributed by atoms with Gasteiger partial charge in [0, 0.05) is 19.7 Å². The molecule has 4 rings (SSSR count). The van der Waals surface area contributed by atoms with Gasteiger partial charge in [-0.3, -0.25) is 4.79 Å². The van der Waals surface area contributed by atoms with E-state index in [9.17, 15) is 4.79 Å². The van der Waals surface area contributed by atoms with Crippen molar-refractivity contribution in [3.8, 4) is 11.5 Å². The molecule has 0 saturated carbocycles. The minimum atomic E-state index is -0.145. The van der Waals surface area contributed by atoms with Gasteiger partial charge in [-0.2, -0.15) is 0 Å². The molecule has 0 bridgehead atoms. The lowest BCUT2D eigenvalue weighted by Gasteiger charge is -2.30. The van der Waals surface area contributed by atoms with Crippen LogP contribution in [0.4, 0.5) is 0 Å². The first kappa shape index (κ1) is 15.0. The fourth-order valence-corrected chi connectivity index (χ4v) is 3.18. The summed E-state index contributed by atoms with van der Waals surface area (Å²) in [7, 11) is 1.94. The molecular weight excluding hydrogens is 310 g/mol. The lowest BCUT2D eigenvalue weighted by molar-refractivity contribution is -0.00303. The van der Waals surface area contributed by atoms with E-state index >= 15 is 0 Å². The molecule has 2 aliphatic rings. The maximum atomic E-state index is 12.6. The molecule has 7 heteroatoms. The Morgan fingerprint density at radius 3 is 3.12 bits per heavy atom. The number of benzene rings is 1. The van der Waals surface area contributed by atoms with Crippen molar-refractivity contribution in [2.24, 2.45) is 7.05 Å². The van der Waals surface area contributed by atoms with Crippen molar-refractivity contribution < 1.29 is 19.0 Å². The Balaban J connectivity index is 1.46. The van der Waals surface area contributed by atoms with Gasteiger partial charge in [0.1, 0.15) is 6.10 Å². The molecule has 2 aromatic rings. The number of imidazole rings is 1. The quantitative estimate of drug-likeness (QED) is 0.929. The summed E-state index contributed by atoms with van der Waals surface area (Å²) >= 11 is 0. The maximum absolute atomic E-state index is 12.6. The van der Waals surface area contributed by atoms with Crippen molar-refractivity contribution in [1.29, 1.82) is 0 Å². The number of carbonyl (C=O) groups excluding carboxylic acids is 1. The minimum absolute atomic E-state index is 0.0457. The third-order valence-electron chi connectivity index (χ3n) is 4.44. The van der Waals surface area contributed by atoms with Crippen molar-refractivity contribution in [2.75, 3.05) is 13.4 Å². The first-order valence-corrected chi connectivity index (χ1v) is 7.99. The summed E-state index contributed by atoms with van der Waals surface area (Å²) in [5, 5.41) is 3.09. The number of carbonyl (C=O) groups is 1. The molecule has 7 nitrogen and oxygen atoms in total.